The molecular formula is C13H10F3NO6. The predicted octanol–water partition coefficient (Wildman–Crippen LogP) is 1.56. The van der Waals surface area contributed by atoms with Gasteiger partial charge in [-0.05, 0) is 12.1 Å². The summed E-state index contributed by atoms with van der Waals surface area (Å²) in [6.45, 7) is -1.54. The SMILES string of the molecule is O=C1CC(=O)OC(N(CC(F)(F)F)c2ccc3c(c2)OCO3)O1. The standard InChI is InChI=1S/C13H10F3NO6/c14-13(15,16)5-17(12-22-10(18)4-11(19)23-12)7-1-2-8-9(3-7)21-6-20-8/h1-3,12H,4-6H2. The fourth-order valence-corrected chi connectivity index (χ4v) is 2.12. The molecule has 1 fully saturated rings. The summed E-state index contributed by atoms with van der Waals surface area (Å²) in [5.41, 5.74) is -0.000856. The van der Waals surface area contributed by atoms with Crippen molar-refractivity contribution in [2.75, 3.05) is 18.2 Å². The van der Waals surface area contributed by atoms with E-state index >= 15 is 0 Å². The molecule has 7 nitrogen and oxygen atoms in total. The topological polar surface area (TPSA) is 74.3 Å². The smallest absolute Gasteiger partial charge is 0.406 e. The lowest BCUT2D eigenvalue weighted by Gasteiger charge is -2.34. The molecule has 2 aliphatic heterocycles. The van der Waals surface area contributed by atoms with E-state index in [-0.39, 0.29) is 18.2 Å². The molecule has 2 aliphatic rings. The summed E-state index contributed by atoms with van der Waals surface area (Å²) in [6.07, 6.45) is -7.06. The number of carbonyl (C=O) groups excluding carboxylic acids is 2. The van der Waals surface area contributed by atoms with Gasteiger partial charge in [-0.15, -0.1) is 0 Å². The van der Waals surface area contributed by atoms with Crippen LogP contribution in [-0.4, -0.2) is 37.9 Å². The van der Waals surface area contributed by atoms with Crippen molar-refractivity contribution < 1.29 is 41.7 Å². The Kier molecular flexibility index (Phi) is 3.66. The Morgan fingerprint density at radius 3 is 2.39 bits per heavy atom. The van der Waals surface area contributed by atoms with Crippen LogP contribution in [-0.2, 0) is 19.1 Å². The maximum Gasteiger partial charge on any atom is 0.406 e. The molecule has 3 rings (SSSR count). The summed E-state index contributed by atoms with van der Waals surface area (Å²) in [7, 11) is 0. The van der Waals surface area contributed by atoms with Crippen LogP contribution in [0.3, 0.4) is 0 Å². The average Bonchev–Trinajstić information content (AvgIpc) is 2.90. The van der Waals surface area contributed by atoms with Crippen LogP contribution in [0.5, 0.6) is 11.5 Å². The Bertz CT molecular complexity index is 631. The molecule has 124 valence electrons. The molecule has 1 aromatic rings. The van der Waals surface area contributed by atoms with Crippen molar-refractivity contribution in [2.24, 2.45) is 0 Å². The molecule has 0 saturated carbocycles. The molecule has 0 radical (unpaired) electrons. The summed E-state index contributed by atoms with van der Waals surface area (Å²) >= 11 is 0. The number of ether oxygens (including phenoxy) is 4. The summed E-state index contributed by atoms with van der Waals surface area (Å²) in [6, 6.07) is 4.01. The second-order valence-electron chi connectivity index (χ2n) is 4.74. The van der Waals surface area contributed by atoms with Crippen LogP contribution < -0.4 is 14.4 Å². The normalized spacial score (nSPS) is 17.7. The van der Waals surface area contributed by atoms with Gasteiger partial charge in [-0.2, -0.15) is 13.2 Å². The largest absolute Gasteiger partial charge is 0.454 e. The van der Waals surface area contributed by atoms with E-state index in [1.807, 2.05) is 0 Å². The van der Waals surface area contributed by atoms with Crippen LogP contribution in [0.4, 0.5) is 18.9 Å². The number of carbonyl (C=O) groups is 2. The van der Waals surface area contributed by atoms with Crippen molar-refractivity contribution in [3.05, 3.63) is 18.2 Å². The zero-order valence-corrected chi connectivity index (χ0v) is 11.5. The minimum absolute atomic E-state index is 0.000856. The van der Waals surface area contributed by atoms with Crippen LogP contribution in [0.25, 0.3) is 0 Å². The van der Waals surface area contributed by atoms with Gasteiger partial charge in [0.2, 0.25) is 6.79 Å². The predicted molar refractivity (Wildman–Crippen MR) is 66.6 cm³/mol. The molecule has 0 N–H and O–H groups in total. The number of halogens is 3. The van der Waals surface area contributed by atoms with Crippen molar-refractivity contribution >= 4 is 17.6 Å². The molecule has 0 unspecified atom stereocenters. The van der Waals surface area contributed by atoms with E-state index in [2.05, 4.69) is 0 Å². The average molecular weight is 333 g/mol. The Morgan fingerprint density at radius 1 is 1.09 bits per heavy atom. The van der Waals surface area contributed by atoms with E-state index in [1.54, 1.807) is 0 Å². The minimum Gasteiger partial charge on any atom is -0.454 e. The maximum absolute atomic E-state index is 12.8. The van der Waals surface area contributed by atoms with Crippen LogP contribution in [0.1, 0.15) is 6.42 Å². The summed E-state index contributed by atoms with van der Waals surface area (Å²) in [4.78, 5) is 23.2. The molecule has 0 aromatic heterocycles. The quantitative estimate of drug-likeness (QED) is 0.614. The molecule has 23 heavy (non-hydrogen) atoms. The van der Waals surface area contributed by atoms with Crippen LogP contribution in [0.15, 0.2) is 18.2 Å². The highest BCUT2D eigenvalue weighted by Gasteiger charge is 2.40. The number of rotatable bonds is 3. The number of esters is 2. The Hall–Kier alpha value is -2.65. The number of anilines is 1. The first-order chi connectivity index (χ1) is 10.8. The fraction of sp³-hybridized carbons (Fsp3) is 0.385. The zero-order chi connectivity index (χ0) is 16.6. The van der Waals surface area contributed by atoms with Gasteiger partial charge in [0.05, 0.1) is 0 Å². The highest BCUT2D eigenvalue weighted by atomic mass is 19.4. The molecule has 1 saturated heterocycles. The number of fused-ring (bicyclic) bond motifs is 1. The molecule has 1 aromatic carbocycles. The molecule has 0 bridgehead atoms. The summed E-state index contributed by atoms with van der Waals surface area (Å²) in [5, 5.41) is 0. The van der Waals surface area contributed by atoms with Gasteiger partial charge >= 0.3 is 24.5 Å². The number of alkyl halides is 3. The van der Waals surface area contributed by atoms with Crippen LogP contribution >= 0.6 is 0 Å². The van der Waals surface area contributed by atoms with E-state index in [9.17, 15) is 22.8 Å². The fourth-order valence-electron chi connectivity index (χ4n) is 2.12. The number of hydrogen-bond donors (Lipinski definition) is 0. The number of hydrogen-bond acceptors (Lipinski definition) is 7. The second-order valence-corrected chi connectivity index (χ2v) is 4.74. The molecular weight excluding hydrogens is 323 g/mol. The summed E-state index contributed by atoms with van der Waals surface area (Å²) < 4.78 is 58.1. The Morgan fingerprint density at radius 2 is 1.74 bits per heavy atom. The van der Waals surface area contributed by atoms with E-state index in [4.69, 9.17) is 18.9 Å². The molecule has 2 heterocycles. The lowest BCUT2D eigenvalue weighted by molar-refractivity contribution is -0.207. The zero-order valence-electron chi connectivity index (χ0n) is 11.5. The van der Waals surface area contributed by atoms with Crippen molar-refractivity contribution in [3.63, 3.8) is 0 Å². The molecule has 0 spiro atoms. The van der Waals surface area contributed by atoms with Crippen LogP contribution in [0.2, 0.25) is 0 Å². The maximum atomic E-state index is 12.8. The van der Waals surface area contributed by atoms with E-state index < -0.39 is 37.5 Å². The molecule has 10 heteroatoms. The lowest BCUT2D eigenvalue weighted by Crippen LogP contribution is -2.49. The number of benzene rings is 1. The first kappa shape index (κ1) is 15.3. The highest BCUT2D eigenvalue weighted by molar-refractivity contribution is 5.92. The monoisotopic (exact) mass is 333 g/mol. The van der Waals surface area contributed by atoms with Gasteiger partial charge in [0.1, 0.15) is 13.0 Å². The van der Waals surface area contributed by atoms with E-state index in [0.717, 1.165) is 0 Å². The minimum atomic E-state index is -4.62. The van der Waals surface area contributed by atoms with E-state index in [1.165, 1.54) is 18.2 Å². The number of cyclic esters (lactones) is 2. The third-order valence-corrected chi connectivity index (χ3v) is 3.05. The van der Waals surface area contributed by atoms with Crippen LogP contribution in [0, 0.1) is 0 Å². The lowest BCUT2D eigenvalue weighted by atomic mass is 10.2. The second kappa shape index (κ2) is 5.52. The third-order valence-electron chi connectivity index (χ3n) is 3.05. The molecule has 0 atom stereocenters. The van der Waals surface area contributed by atoms with Crippen molar-refractivity contribution in [1.29, 1.82) is 0 Å². The van der Waals surface area contributed by atoms with Crippen molar-refractivity contribution in [2.45, 2.75) is 19.0 Å². The van der Waals surface area contributed by atoms with Gasteiger partial charge in [0.15, 0.2) is 11.5 Å². The molecule has 0 amide bonds. The van der Waals surface area contributed by atoms with Gasteiger partial charge in [-0.1, -0.05) is 0 Å². The van der Waals surface area contributed by atoms with Crippen molar-refractivity contribution in [1.82, 2.24) is 0 Å². The molecule has 0 aliphatic carbocycles. The van der Waals surface area contributed by atoms with Gasteiger partial charge < -0.3 is 18.9 Å². The number of nitrogens with zero attached hydrogens (tertiary/aromatic N) is 1. The Balaban J connectivity index is 1.92. The first-order valence-corrected chi connectivity index (χ1v) is 6.44. The van der Waals surface area contributed by atoms with Gasteiger partial charge in [-0.3, -0.25) is 14.5 Å². The van der Waals surface area contributed by atoms with Crippen molar-refractivity contribution in [3.8, 4) is 11.5 Å². The van der Waals surface area contributed by atoms with E-state index in [0.29, 0.717) is 10.6 Å². The highest BCUT2D eigenvalue weighted by Crippen LogP contribution is 2.37. The Labute approximate surface area is 127 Å². The van der Waals surface area contributed by atoms with Gasteiger partial charge in [0.25, 0.3) is 0 Å². The van der Waals surface area contributed by atoms with Gasteiger partial charge in [0, 0.05) is 11.8 Å². The first-order valence-electron chi connectivity index (χ1n) is 6.44. The summed E-state index contributed by atoms with van der Waals surface area (Å²) in [5.74, 6) is -1.31. The van der Waals surface area contributed by atoms with Gasteiger partial charge in [-0.25, -0.2) is 0 Å². The third kappa shape index (κ3) is 3.41.